The fourth-order valence-corrected chi connectivity index (χ4v) is 1.72. The average molecular weight is 245 g/mol. The van der Waals surface area contributed by atoms with Gasteiger partial charge < -0.3 is 10.1 Å². The van der Waals surface area contributed by atoms with Crippen LogP contribution in [0.15, 0.2) is 48.5 Å². The van der Waals surface area contributed by atoms with Gasteiger partial charge in [0.15, 0.2) is 0 Å². The molecule has 0 fully saturated rings. The van der Waals surface area contributed by atoms with Crippen LogP contribution in [0.5, 0.6) is 0 Å². The number of ether oxygens (including phenoxy) is 1. The molecule has 18 heavy (non-hydrogen) atoms. The Balaban J connectivity index is 1.96. The van der Waals surface area contributed by atoms with Gasteiger partial charge in [-0.1, -0.05) is 36.4 Å². The van der Waals surface area contributed by atoms with Crippen LogP contribution in [-0.2, 0) is 17.9 Å². The topological polar surface area (TPSA) is 21.3 Å². The highest BCUT2D eigenvalue weighted by atomic mass is 19.1. The Morgan fingerprint density at radius 1 is 1.00 bits per heavy atom. The van der Waals surface area contributed by atoms with Crippen molar-refractivity contribution in [1.29, 1.82) is 0 Å². The Morgan fingerprint density at radius 3 is 2.33 bits per heavy atom. The summed E-state index contributed by atoms with van der Waals surface area (Å²) < 4.78 is 18.4. The first-order valence-corrected chi connectivity index (χ1v) is 5.85. The molecule has 0 aliphatic rings. The lowest BCUT2D eigenvalue weighted by atomic mass is 10.1. The first-order chi connectivity index (χ1) is 8.79. The van der Waals surface area contributed by atoms with Crippen molar-refractivity contribution in [2.45, 2.75) is 13.2 Å². The van der Waals surface area contributed by atoms with Gasteiger partial charge in [-0.05, 0) is 23.3 Å². The maximum absolute atomic E-state index is 13.4. The summed E-state index contributed by atoms with van der Waals surface area (Å²) in [6, 6.07) is 14.7. The fraction of sp³-hybridized carbons (Fsp3) is 0.200. The minimum absolute atomic E-state index is 0.228. The lowest BCUT2D eigenvalue weighted by Crippen LogP contribution is -2.01. The Bertz CT molecular complexity index is 496. The van der Waals surface area contributed by atoms with Crippen molar-refractivity contribution in [3.05, 3.63) is 65.5 Å². The normalized spacial score (nSPS) is 10.3. The SMILES string of the molecule is COCc1ccc(CNc2ccccc2F)cc1. The Hall–Kier alpha value is -1.87. The summed E-state index contributed by atoms with van der Waals surface area (Å²) in [7, 11) is 1.67. The molecule has 2 aromatic rings. The molecule has 0 aromatic heterocycles. The first-order valence-electron chi connectivity index (χ1n) is 5.85. The standard InChI is InChI=1S/C15H16FNO/c1-18-11-13-8-6-12(7-9-13)10-17-15-5-3-2-4-14(15)16/h2-9,17H,10-11H2,1H3. The van der Waals surface area contributed by atoms with Crippen LogP contribution in [0.4, 0.5) is 10.1 Å². The molecule has 0 saturated heterocycles. The van der Waals surface area contributed by atoms with E-state index in [1.807, 2.05) is 30.3 Å². The van der Waals surface area contributed by atoms with Crippen LogP contribution in [0.3, 0.4) is 0 Å². The lowest BCUT2D eigenvalue weighted by molar-refractivity contribution is 0.185. The molecule has 2 rings (SSSR count). The molecule has 0 aliphatic carbocycles. The van der Waals surface area contributed by atoms with E-state index in [0.29, 0.717) is 18.8 Å². The van der Waals surface area contributed by atoms with Crippen LogP contribution in [0, 0.1) is 5.82 Å². The van der Waals surface area contributed by atoms with E-state index in [2.05, 4.69) is 5.32 Å². The number of hydrogen-bond donors (Lipinski definition) is 1. The number of halogens is 1. The first kappa shape index (κ1) is 12.6. The highest BCUT2D eigenvalue weighted by Gasteiger charge is 2.00. The fourth-order valence-electron chi connectivity index (χ4n) is 1.72. The molecular formula is C15H16FNO. The van der Waals surface area contributed by atoms with Crippen LogP contribution in [0.2, 0.25) is 0 Å². The van der Waals surface area contributed by atoms with Crippen LogP contribution >= 0.6 is 0 Å². The summed E-state index contributed by atoms with van der Waals surface area (Å²) in [5.74, 6) is -0.228. The zero-order chi connectivity index (χ0) is 12.8. The number of para-hydroxylation sites is 1. The molecule has 0 saturated carbocycles. The van der Waals surface area contributed by atoms with Crippen LogP contribution in [-0.4, -0.2) is 7.11 Å². The second kappa shape index (κ2) is 6.17. The maximum Gasteiger partial charge on any atom is 0.146 e. The highest BCUT2D eigenvalue weighted by Crippen LogP contribution is 2.14. The van der Waals surface area contributed by atoms with Crippen molar-refractivity contribution in [1.82, 2.24) is 0 Å². The smallest absolute Gasteiger partial charge is 0.146 e. The second-order valence-electron chi connectivity index (χ2n) is 4.08. The summed E-state index contributed by atoms with van der Waals surface area (Å²) in [6.45, 7) is 1.22. The molecule has 0 aliphatic heterocycles. The van der Waals surface area contributed by atoms with Gasteiger partial charge in [-0.15, -0.1) is 0 Å². The number of nitrogens with one attached hydrogen (secondary N) is 1. The van der Waals surface area contributed by atoms with E-state index in [4.69, 9.17) is 4.74 Å². The van der Waals surface area contributed by atoms with Gasteiger partial charge in [0.2, 0.25) is 0 Å². The molecular weight excluding hydrogens is 229 g/mol. The predicted octanol–water partition coefficient (Wildman–Crippen LogP) is 3.58. The third kappa shape index (κ3) is 3.31. The van der Waals surface area contributed by atoms with E-state index in [1.54, 1.807) is 19.2 Å². The molecule has 0 heterocycles. The maximum atomic E-state index is 13.4. The molecule has 0 atom stereocenters. The molecule has 0 bridgehead atoms. The van der Waals surface area contributed by atoms with Crippen LogP contribution < -0.4 is 5.32 Å². The van der Waals surface area contributed by atoms with Crippen LogP contribution in [0.1, 0.15) is 11.1 Å². The van der Waals surface area contributed by atoms with E-state index in [0.717, 1.165) is 11.1 Å². The molecule has 3 heteroatoms. The molecule has 0 amide bonds. The van der Waals surface area contributed by atoms with Crippen molar-refractivity contribution in [3.63, 3.8) is 0 Å². The van der Waals surface area contributed by atoms with Gasteiger partial charge in [0.1, 0.15) is 5.82 Å². The van der Waals surface area contributed by atoms with Gasteiger partial charge in [0, 0.05) is 13.7 Å². The zero-order valence-corrected chi connectivity index (χ0v) is 10.3. The Morgan fingerprint density at radius 2 is 1.67 bits per heavy atom. The van der Waals surface area contributed by atoms with Crippen LogP contribution in [0.25, 0.3) is 0 Å². The number of methoxy groups -OCH3 is 1. The monoisotopic (exact) mass is 245 g/mol. The summed E-state index contributed by atoms with van der Waals surface area (Å²) in [4.78, 5) is 0. The third-order valence-electron chi connectivity index (χ3n) is 2.69. The third-order valence-corrected chi connectivity index (χ3v) is 2.69. The van der Waals surface area contributed by atoms with Gasteiger partial charge in [-0.3, -0.25) is 0 Å². The molecule has 0 unspecified atom stereocenters. The van der Waals surface area contributed by atoms with E-state index in [9.17, 15) is 4.39 Å². The number of rotatable bonds is 5. The van der Waals surface area contributed by atoms with Gasteiger partial charge in [-0.2, -0.15) is 0 Å². The Kier molecular flexibility index (Phi) is 4.31. The average Bonchev–Trinajstić information content (AvgIpc) is 2.40. The van der Waals surface area contributed by atoms with Crippen molar-refractivity contribution in [2.75, 3.05) is 12.4 Å². The molecule has 94 valence electrons. The molecule has 2 aromatic carbocycles. The van der Waals surface area contributed by atoms with Crippen molar-refractivity contribution >= 4 is 5.69 Å². The van der Waals surface area contributed by atoms with Gasteiger partial charge >= 0.3 is 0 Å². The molecule has 0 spiro atoms. The van der Waals surface area contributed by atoms with E-state index < -0.39 is 0 Å². The van der Waals surface area contributed by atoms with E-state index in [-0.39, 0.29) is 5.82 Å². The van der Waals surface area contributed by atoms with Crippen molar-refractivity contribution in [2.24, 2.45) is 0 Å². The summed E-state index contributed by atoms with van der Waals surface area (Å²) in [5, 5.41) is 3.07. The lowest BCUT2D eigenvalue weighted by Gasteiger charge is -2.08. The minimum atomic E-state index is -0.228. The summed E-state index contributed by atoms with van der Waals surface area (Å²) in [6.07, 6.45) is 0. The zero-order valence-electron chi connectivity index (χ0n) is 10.3. The second-order valence-corrected chi connectivity index (χ2v) is 4.08. The predicted molar refractivity (Wildman–Crippen MR) is 70.9 cm³/mol. The van der Waals surface area contributed by atoms with Gasteiger partial charge in [0.25, 0.3) is 0 Å². The van der Waals surface area contributed by atoms with E-state index >= 15 is 0 Å². The molecule has 1 N–H and O–H groups in total. The highest BCUT2D eigenvalue weighted by molar-refractivity contribution is 5.44. The van der Waals surface area contributed by atoms with Gasteiger partial charge in [-0.25, -0.2) is 4.39 Å². The van der Waals surface area contributed by atoms with Crippen molar-refractivity contribution in [3.8, 4) is 0 Å². The number of anilines is 1. The molecule has 0 radical (unpaired) electrons. The van der Waals surface area contributed by atoms with Crippen molar-refractivity contribution < 1.29 is 9.13 Å². The Labute approximate surface area is 106 Å². The largest absolute Gasteiger partial charge is 0.380 e. The van der Waals surface area contributed by atoms with Gasteiger partial charge in [0.05, 0.1) is 12.3 Å². The minimum Gasteiger partial charge on any atom is -0.380 e. The summed E-state index contributed by atoms with van der Waals surface area (Å²) >= 11 is 0. The number of hydrogen-bond acceptors (Lipinski definition) is 2. The summed E-state index contributed by atoms with van der Waals surface area (Å²) in [5.41, 5.74) is 2.77. The van der Waals surface area contributed by atoms with E-state index in [1.165, 1.54) is 6.07 Å². The number of benzene rings is 2. The quantitative estimate of drug-likeness (QED) is 0.869. The molecule has 2 nitrogen and oxygen atoms in total.